The summed E-state index contributed by atoms with van der Waals surface area (Å²) in [5, 5.41) is 20.0. The molecule has 7 N–H and O–H groups in total. The van der Waals surface area contributed by atoms with Gasteiger partial charge >= 0.3 is 7.82 Å². The summed E-state index contributed by atoms with van der Waals surface area (Å²) >= 11 is 0. The molecule has 6 rings (SSSR count). The Kier molecular flexibility index (Phi) is 6.93. The number of hydrogen-bond acceptors (Lipinski definition) is 14. The van der Waals surface area contributed by atoms with Gasteiger partial charge in [0.1, 0.15) is 18.3 Å². The molecule has 0 saturated carbocycles. The SMILES string of the molecule is Nc1nc2c(ncn2[C@@]2(OP(=O)(O)OC[C@H]3O[C@@H](n4cnc5c(=O)[nH]cnc54)[C@@H](F)[C@@H]3O)CO[C@H](CO)[C@H]2F)c(=O)[nH]1. The number of hydrogen-bond donors (Lipinski definition) is 6. The normalized spacial score (nSPS) is 31.3. The molecule has 42 heavy (non-hydrogen) atoms. The number of imidazole rings is 2. The second-order valence-corrected chi connectivity index (χ2v) is 10.8. The van der Waals surface area contributed by atoms with Crippen molar-refractivity contribution < 1.29 is 47.0 Å². The molecule has 0 aromatic carbocycles. The van der Waals surface area contributed by atoms with Crippen LogP contribution < -0.4 is 16.9 Å². The molecule has 19 nitrogen and oxygen atoms in total. The van der Waals surface area contributed by atoms with E-state index < -0.39 is 81.4 Å². The molecule has 2 fully saturated rings. The minimum atomic E-state index is -5.33. The molecular formula is C20H22F2N9O10P. The van der Waals surface area contributed by atoms with Gasteiger partial charge in [0.15, 0.2) is 40.9 Å². The predicted octanol–water partition coefficient (Wildman–Crippen LogP) is -2.05. The topological polar surface area (TPSA) is 268 Å². The average molecular weight is 617 g/mol. The number of fused-ring (bicyclic) bond motifs is 2. The van der Waals surface area contributed by atoms with E-state index in [4.69, 9.17) is 24.3 Å². The molecule has 6 heterocycles. The highest BCUT2D eigenvalue weighted by Gasteiger charge is 2.58. The molecule has 0 amide bonds. The van der Waals surface area contributed by atoms with E-state index in [0.29, 0.717) is 0 Å². The number of phosphoric acid groups is 1. The predicted molar refractivity (Wildman–Crippen MR) is 132 cm³/mol. The lowest BCUT2D eigenvalue weighted by Gasteiger charge is -2.33. The standard InChI is InChI=1S/C20H22F2N9O10P/c21-9-12(33)8(40-18(9)30-5-26-10-14(30)24-4-25-16(10)34)2-39-42(36,37)41-20(3-38-7(1-32)13(20)22)31-6-27-11-15(31)28-19(23)29-17(11)35/h4-9,12-13,18,32-33H,1-3H2,(H,36,37)(H,24,25,34)(H3,23,28,29,35)/t7-,8-,9+,12-,13-,18-,20-/m1/s1. The van der Waals surface area contributed by atoms with Crippen molar-refractivity contribution in [3.05, 3.63) is 39.7 Å². The van der Waals surface area contributed by atoms with Crippen molar-refractivity contribution in [2.45, 2.75) is 42.6 Å². The van der Waals surface area contributed by atoms with Gasteiger partial charge in [-0.1, -0.05) is 0 Å². The first-order valence-electron chi connectivity index (χ1n) is 12.1. The Morgan fingerprint density at radius 2 is 1.90 bits per heavy atom. The van der Waals surface area contributed by atoms with Crippen molar-refractivity contribution in [2.24, 2.45) is 0 Å². The number of nitrogen functional groups attached to an aromatic ring is 1. The molecule has 2 aliphatic heterocycles. The first kappa shape index (κ1) is 28.4. The molecule has 4 aromatic rings. The van der Waals surface area contributed by atoms with Gasteiger partial charge in [-0.3, -0.25) is 32.8 Å². The van der Waals surface area contributed by atoms with E-state index in [0.717, 1.165) is 28.1 Å². The Balaban J connectivity index is 1.25. The summed E-state index contributed by atoms with van der Waals surface area (Å²) in [5.41, 5.74) is 0.843. The van der Waals surface area contributed by atoms with Crippen LogP contribution in [0.4, 0.5) is 14.7 Å². The van der Waals surface area contributed by atoms with E-state index in [1.165, 1.54) is 0 Å². The maximum Gasteiger partial charge on any atom is 0.474 e. The third-order valence-corrected chi connectivity index (χ3v) is 7.91. The smallest absolute Gasteiger partial charge is 0.394 e. The minimum Gasteiger partial charge on any atom is -0.394 e. The lowest BCUT2D eigenvalue weighted by molar-refractivity contribution is -0.0883. The summed E-state index contributed by atoms with van der Waals surface area (Å²) in [6.45, 7) is -2.56. The van der Waals surface area contributed by atoms with Gasteiger partial charge in [0.25, 0.3) is 11.1 Å². The second-order valence-electron chi connectivity index (χ2n) is 9.43. The van der Waals surface area contributed by atoms with Crippen LogP contribution in [-0.4, -0.2) is 105 Å². The average Bonchev–Trinajstić information content (AvgIpc) is 3.70. The zero-order valence-electron chi connectivity index (χ0n) is 21.0. The van der Waals surface area contributed by atoms with E-state index >= 15 is 8.78 Å². The number of aromatic amines is 2. The quantitative estimate of drug-likeness (QED) is 0.116. The van der Waals surface area contributed by atoms with Crippen LogP contribution in [0, 0.1) is 0 Å². The number of nitrogens with two attached hydrogens (primary N) is 1. The van der Waals surface area contributed by atoms with Gasteiger partial charge < -0.3 is 35.3 Å². The molecule has 1 unspecified atom stereocenters. The zero-order chi connectivity index (χ0) is 30.0. The Labute approximate surface area is 230 Å². The number of aliphatic hydroxyl groups is 2. The molecule has 4 aromatic heterocycles. The highest BCUT2D eigenvalue weighted by Crippen LogP contribution is 2.53. The summed E-state index contributed by atoms with van der Waals surface area (Å²) in [6, 6.07) is 0. The number of nitrogens with zero attached hydrogens (tertiary/aromatic N) is 6. The number of ether oxygens (including phenoxy) is 2. The molecule has 0 radical (unpaired) electrons. The number of halogens is 2. The fourth-order valence-electron chi connectivity index (χ4n) is 4.86. The van der Waals surface area contributed by atoms with Crippen molar-refractivity contribution in [3.63, 3.8) is 0 Å². The molecule has 226 valence electrons. The number of aromatic nitrogens is 8. The van der Waals surface area contributed by atoms with Crippen LogP contribution in [0.5, 0.6) is 0 Å². The fourth-order valence-corrected chi connectivity index (χ4v) is 5.89. The Morgan fingerprint density at radius 3 is 2.64 bits per heavy atom. The lowest BCUT2D eigenvalue weighted by atomic mass is 10.1. The van der Waals surface area contributed by atoms with E-state index in [1.807, 2.05) is 0 Å². The van der Waals surface area contributed by atoms with Gasteiger partial charge in [-0.25, -0.2) is 28.3 Å². The summed E-state index contributed by atoms with van der Waals surface area (Å²) in [4.78, 5) is 54.8. The van der Waals surface area contributed by atoms with Gasteiger partial charge in [0.2, 0.25) is 11.7 Å². The van der Waals surface area contributed by atoms with Crippen molar-refractivity contribution in [1.29, 1.82) is 0 Å². The summed E-state index contributed by atoms with van der Waals surface area (Å²) < 4.78 is 66.8. The molecule has 22 heteroatoms. The Hall–Kier alpha value is -3.69. The highest BCUT2D eigenvalue weighted by atomic mass is 31.2. The number of H-pyrrole nitrogens is 2. The van der Waals surface area contributed by atoms with E-state index in [-0.39, 0.29) is 28.3 Å². The number of alkyl halides is 2. The molecular weight excluding hydrogens is 595 g/mol. The molecule has 2 aliphatic rings. The largest absolute Gasteiger partial charge is 0.474 e. The van der Waals surface area contributed by atoms with Gasteiger partial charge in [0, 0.05) is 0 Å². The first-order chi connectivity index (χ1) is 20.0. The van der Waals surface area contributed by atoms with Crippen LogP contribution >= 0.6 is 7.82 Å². The summed E-state index contributed by atoms with van der Waals surface area (Å²) in [6.07, 6.45) is -7.92. The van der Waals surface area contributed by atoms with Gasteiger partial charge in [-0.05, 0) is 0 Å². The Morgan fingerprint density at radius 1 is 1.17 bits per heavy atom. The molecule has 0 aliphatic carbocycles. The van der Waals surface area contributed by atoms with E-state index in [1.54, 1.807) is 0 Å². The molecule has 0 bridgehead atoms. The molecule has 0 spiro atoms. The van der Waals surface area contributed by atoms with Crippen LogP contribution in [0.15, 0.2) is 28.6 Å². The van der Waals surface area contributed by atoms with Crippen LogP contribution in [0.3, 0.4) is 0 Å². The first-order valence-corrected chi connectivity index (χ1v) is 13.6. The monoisotopic (exact) mass is 617 g/mol. The number of aliphatic hydroxyl groups excluding tert-OH is 2. The van der Waals surface area contributed by atoms with Crippen molar-refractivity contribution >= 4 is 36.1 Å². The zero-order valence-corrected chi connectivity index (χ0v) is 21.9. The number of phosphoric ester groups is 1. The molecule has 2 saturated heterocycles. The molecule has 8 atom stereocenters. The van der Waals surface area contributed by atoms with Crippen LogP contribution in [0.1, 0.15) is 6.23 Å². The number of anilines is 1. The van der Waals surface area contributed by atoms with E-state index in [2.05, 4.69) is 29.9 Å². The Bertz CT molecular complexity index is 1810. The summed E-state index contributed by atoms with van der Waals surface area (Å²) in [5.74, 6) is -0.381. The number of rotatable bonds is 8. The summed E-state index contributed by atoms with van der Waals surface area (Å²) in [7, 11) is -5.33. The third-order valence-electron chi connectivity index (χ3n) is 6.88. The van der Waals surface area contributed by atoms with E-state index in [9.17, 15) is 29.3 Å². The van der Waals surface area contributed by atoms with Crippen molar-refractivity contribution in [2.75, 3.05) is 25.6 Å². The van der Waals surface area contributed by atoms with Gasteiger partial charge in [-0.15, -0.1) is 0 Å². The van der Waals surface area contributed by atoms with Crippen LogP contribution in [0.2, 0.25) is 0 Å². The van der Waals surface area contributed by atoms with Crippen molar-refractivity contribution in [3.8, 4) is 0 Å². The van der Waals surface area contributed by atoms with Crippen LogP contribution in [-0.2, 0) is 28.8 Å². The van der Waals surface area contributed by atoms with Crippen molar-refractivity contribution in [1.82, 2.24) is 39.0 Å². The maximum absolute atomic E-state index is 15.7. The third kappa shape index (κ3) is 4.50. The van der Waals surface area contributed by atoms with Crippen LogP contribution in [0.25, 0.3) is 22.3 Å². The lowest BCUT2D eigenvalue weighted by Crippen LogP contribution is -2.46. The van der Waals surface area contributed by atoms with Gasteiger partial charge in [0.05, 0.1) is 38.8 Å². The second kappa shape index (κ2) is 10.2. The maximum atomic E-state index is 15.7. The fraction of sp³-hybridized carbons (Fsp3) is 0.500. The van der Waals surface area contributed by atoms with Gasteiger partial charge in [-0.2, -0.15) is 4.98 Å². The highest BCUT2D eigenvalue weighted by molar-refractivity contribution is 7.47. The number of nitrogens with one attached hydrogen (secondary N) is 2. The minimum absolute atomic E-state index is 0.0485.